The van der Waals surface area contributed by atoms with Gasteiger partial charge in [-0.05, 0) is 30.3 Å². The lowest BCUT2D eigenvalue weighted by atomic mass is 10.0. The molecule has 0 aliphatic heterocycles. The number of nitrogens with zero attached hydrogens (tertiary/aromatic N) is 2. The number of benzene rings is 1. The van der Waals surface area contributed by atoms with Crippen LogP contribution >= 0.6 is 24.8 Å². The van der Waals surface area contributed by atoms with E-state index in [1.165, 1.54) is 5.56 Å². The van der Waals surface area contributed by atoms with Crippen LogP contribution in [0, 0.1) is 0 Å². The molecule has 1 aromatic carbocycles. The maximum absolute atomic E-state index is 6.18. The van der Waals surface area contributed by atoms with E-state index in [-0.39, 0.29) is 30.9 Å². The number of halogens is 2. The highest BCUT2D eigenvalue weighted by molar-refractivity contribution is 5.85. The molecule has 24 heavy (non-hydrogen) atoms. The van der Waals surface area contributed by atoms with Crippen molar-refractivity contribution >= 4 is 24.8 Å². The summed E-state index contributed by atoms with van der Waals surface area (Å²) >= 11 is 0. The Labute approximate surface area is 158 Å². The third kappa shape index (κ3) is 7.63. The molecule has 0 amide bonds. The Morgan fingerprint density at radius 1 is 1.00 bits per heavy atom. The first kappa shape index (κ1) is 22.9. The normalized spacial score (nSPS) is 11.5. The van der Waals surface area contributed by atoms with E-state index in [2.05, 4.69) is 54.1 Å². The molecular formula is C19H28Cl2N2O. The Balaban J connectivity index is 0.00000264. The van der Waals surface area contributed by atoms with Gasteiger partial charge in [0.25, 0.3) is 0 Å². The van der Waals surface area contributed by atoms with Crippen molar-refractivity contribution in [1.82, 2.24) is 9.88 Å². The van der Waals surface area contributed by atoms with Crippen LogP contribution in [-0.4, -0.2) is 36.1 Å². The predicted molar refractivity (Wildman–Crippen MR) is 105 cm³/mol. The van der Waals surface area contributed by atoms with Crippen molar-refractivity contribution in [1.29, 1.82) is 0 Å². The first-order valence-corrected chi connectivity index (χ1v) is 8.11. The van der Waals surface area contributed by atoms with Gasteiger partial charge in [-0.25, -0.2) is 0 Å². The fraction of sp³-hybridized carbons (Fsp3) is 0.421. The van der Waals surface area contributed by atoms with Crippen LogP contribution < -0.4 is 0 Å². The van der Waals surface area contributed by atoms with Crippen LogP contribution in [0.4, 0.5) is 0 Å². The van der Waals surface area contributed by atoms with Crippen molar-refractivity contribution in [2.45, 2.75) is 26.4 Å². The Bertz CT molecular complexity index is 521. The van der Waals surface area contributed by atoms with Gasteiger partial charge in [0.1, 0.15) is 0 Å². The number of hydrogen-bond donors (Lipinski definition) is 0. The van der Waals surface area contributed by atoms with Crippen LogP contribution in [0.5, 0.6) is 0 Å². The summed E-state index contributed by atoms with van der Waals surface area (Å²) in [4.78, 5) is 6.61. The molecule has 2 aromatic rings. The number of pyridine rings is 1. The lowest BCUT2D eigenvalue weighted by Crippen LogP contribution is -2.27. The smallest absolute Gasteiger partial charge is 0.0880 e. The van der Waals surface area contributed by atoms with E-state index >= 15 is 0 Å². The molecular weight excluding hydrogens is 343 g/mol. The van der Waals surface area contributed by atoms with Gasteiger partial charge in [0, 0.05) is 25.4 Å². The standard InChI is InChI=1S/C19H26N2O.2ClH/c1-3-21(4-2)13-14-22-19(18-11-8-12-20-16-18)15-17-9-6-5-7-10-17;;/h5-12,16,19H,3-4,13-15H2,1-2H3;2*1H. The summed E-state index contributed by atoms with van der Waals surface area (Å²) in [6, 6.07) is 14.6. The molecule has 0 saturated carbocycles. The van der Waals surface area contributed by atoms with Crippen molar-refractivity contribution in [3.8, 4) is 0 Å². The second kappa shape index (κ2) is 13.2. The lowest BCUT2D eigenvalue weighted by Gasteiger charge is -2.22. The van der Waals surface area contributed by atoms with Crippen LogP contribution in [-0.2, 0) is 11.2 Å². The van der Waals surface area contributed by atoms with E-state index in [1.54, 1.807) is 6.20 Å². The number of hydrogen-bond acceptors (Lipinski definition) is 3. The Morgan fingerprint density at radius 2 is 1.71 bits per heavy atom. The minimum absolute atomic E-state index is 0. The highest BCUT2D eigenvalue weighted by Crippen LogP contribution is 2.21. The highest BCUT2D eigenvalue weighted by Gasteiger charge is 2.13. The van der Waals surface area contributed by atoms with Gasteiger partial charge in [-0.3, -0.25) is 4.98 Å². The van der Waals surface area contributed by atoms with Gasteiger partial charge < -0.3 is 9.64 Å². The Hall–Kier alpha value is -1.13. The van der Waals surface area contributed by atoms with Gasteiger partial charge in [-0.1, -0.05) is 50.2 Å². The predicted octanol–water partition coefficient (Wildman–Crippen LogP) is 4.57. The van der Waals surface area contributed by atoms with E-state index in [0.717, 1.165) is 38.2 Å². The fourth-order valence-corrected chi connectivity index (χ4v) is 2.53. The minimum atomic E-state index is 0. The SMILES string of the molecule is CCN(CC)CCOC(Cc1ccccc1)c1cccnc1.Cl.Cl. The topological polar surface area (TPSA) is 25.4 Å². The lowest BCUT2D eigenvalue weighted by molar-refractivity contribution is 0.0381. The van der Waals surface area contributed by atoms with Crippen LogP contribution in [0.1, 0.15) is 31.1 Å². The maximum Gasteiger partial charge on any atom is 0.0880 e. The van der Waals surface area contributed by atoms with Crippen LogP contribution in [0.25, 0.3) is 0 Å². The third-order valence-electron chi connectivity index (χ3n) is 3.94. The van der Waals surface area contributed by atoms with Crippen molar-refractivity contribution in [3.05, 3.63) is 66.0 Å². The van der Waals surface area contributed by atoms with Crippen LogP contribution in [0.2, 0.25) is 0 Å². The number of ether oxygens (including phenoxy) is 1. The van der Waals surface area contributed by atoms with E-state index in [0.29, 0.717) is 0 Å². The molecule has 1 aromatic heterocycles. The number of rotatable bonds is 9. The van der Waals surface area contributed by atoms with E-state index < -0.39 is 0 Å². The first-order valence-electron chi connectivity index (χ1n) is 8.11. The molecule has 0 spiro atoms. The molecule has 5 heteroatoms. The monoisotopic (exact) mass is 370 g/mol. The maximum atomic E-state index is 6.18. The average Bonchev–Trinajstić information content (AvgIpc) is 2.59. The zero-order chi connectivity index (χ0) is 15.6. The molecule has 0 fully saturated rings. The number of aromatic nitrogens is 1. The van der Waals surface area contributed by atoms with Gasteiger partial charge in [-0.15, -0.1) is 24.8 Å². The molecule has 0 saturated heterocycles. The molecule has 1 atom stereocenters. The minimum Gasteiger partial charge on any atom is -0.372 e. The van der Waals surface area contributed by atoms with Gasteiger partial charge in [-0.2, -0.15) is 0 Å². The van der Waals surface area contributed by atoms with Gasteiger partial charge >= 0.3 is 0 Å². The highest BCUT2D eigenvalue weighted by atomic mass is 35.5. The van der Waals surface area contributed by atoms with Crippen LogP contribution in [0.3, 0.4) is 0 Å². The van der Waals surface area contributed by atoms with Crippen molar-refractivity contribution in [2.75, 3.05) is 26.2 Å². The largest absolute Gasteiger partial charge is 0.372 e. The Morgan fingerprint density at radius 3 is 2.29 bits per heavy atom. The molecule has 2 rings (SSSR count). The van der Waals surface area contributed by atoms with Crippen molar-refractivity contribution in [3.63, 3.8) is 0 Å². The van der Waals surface area contributed by atoms with Crippen LogP contribution in [0.15, 0.2) is 54.9 Å². The second-order valence-corrected chi connectivity index (χ2v) is 5.36. The zero-order valence-corrected chi connectivity index (χ0v) is 16.1. The summed E-state index contributed by atoms with van der Waals surface area (Å²) in [6.45, 7) is 8.22. The Kier molecular flexibility index (Phi) is 12.6. The third-order valence-corrected chi connectivity index (χ3v) is 3.94. The molecule has 0 aliphatic rings. The molecule has 1 heterocycles. The van der Waals surface area contributed by atoms with Gasteiger partial charge in [0.2, 0.25) is 0 Å². The molecule has 134 valence electrons. The summed E-state index contributed by atoms with van der Waals surface area (Å²) in [7, 11) is 0. The molecule has 3 nitrogen and oxygen atoms in total. The summed E-state index contributed by atoms with van der Waals surface area (Å²) in [6.07, 6.45) is 4.65. The summed E-state index contributed by atoms with van der Waals surface area (Å²) in [5.74, 6) is 0. The molecule has 1 unspecified atom stereocenters. The summed E-state index contributed by atoms with van der Waals surface area (Å²) in [5.41, 5.74) is 2.44. The summed E-state index contributed by atoms with van der Waals surface area (Å²) in [5, 5.41) is 0. The quantitative estimate of drug-likeness (QED) is 0.646. The van der Waals surface area contributed by atoms with Crippen molar-refractivity contribution < 1.29 is 4.74 Å². The molecule has 0 N–H and O–H groups in total. The second-order valence-electron chi connectivity index (χ2n) is 5.36. The molecule has 0 aliphatic carbocycles. The zero-order valence-electron chi connectivity index (χ0n) is 14.4. The van der Waals surface area contributed by atoms with E-state index in [4.69, 9.17) is 4.74 Å². The first-order chi connectivity index (χ1) is 10.8. The average molecular weight is 371 g/mol. The van der Waals surface area contributed by atoms with Gasteiger partial charge in [0.05, 0.1) is 12.7 Å². The summed E-state index contributed by atoms with van der Waals surface area (Å²) < 4.78 is 6.18. The van der Waals surface area contributed by atoms with E-state index in [1.807, 2.05) is 18.3 Å². The fourth-order valence-electron chi connectivity index (χ4n) is 2.53. The number of likely N-dealkylation sites (N-methyl/N-ethyl adjacent to an activating group) is 1. The molecule has 0 bridgehead atoms. The van der Waals surface area contributed by atoms with Gasteiger partial charge in [0.15, 0.2) is 0 Å². The molecule has 0 radical (unpaired) electrons. The van der Waals surface area contributed by atoms with E-state index in [9.17, 15) is 0 Å². The van der Waals surface area contributed by atoms with Crippen molar-refractivity contribution in [2.24, 2.45) is 0 Å².